The molecule has 2 aromatic rings. The molecule has 0 aromatic carbocycles. The van der Waals surface area contributed by atoms with Gasteiger partial charge in [0.15, 0.2) is 0 Å². The minimum Gasteiger partial charge on any atom is -0.362 e. The molecule has 0 aliphatic rings. The zero-order valence-electron chi connectivity index (χ0n) is 10.6. The monoisotopic (exact) mass is 325 g/mol. The van der Waals surface area contributed by atoms with Crippen molar-refractivity contribution in [1.82, 2.24) is 9.97 Å². The normalized spacial score (nSPS) is 12.7. The van der Waals surface area contributed by atoms with Crippen LogP contribution in [0.25, 0.3) is 0 Å². The van der Waals surface area contributed by atoms with Crippen LogP contribution in [0.1, 0.15) is 30.6 Å². The third kappa shape index (κ3) is 3.29. The molecule has 18 heavy (non-hydrogen) atoms. The number of nitrogens with zero attached hydrogens (tertiary/aromatic N) is 2. The van der Waals surface area contributed by atoms with Crippen molar-refractivity contribution < 1.29 is 0 Å². The lowest BCUT2D eigenvalue weighted by Crippen LogP contribution is -2.16. The highest BCUT2D eigenvalue weighted by Crippen LogP contribution is 2.29. The highest BCUT2D eigenvalue weighted by Gasteiger charge is 2.17. The van der Waals surface area contributed by atoms with Gasteiger partial charge in [0, 0.05) is 10.9 Å². The Labute approximate surface area is 120 Å². The van der Waals surface area contributed by atoms with Crippen LogP contribution in [0.4, 0.5) is 5.82 Å². The highest BCUT2D eigenvalue weighted by molar-refractivity contribution is 9.10. The summed E-state index contributed by atoms with van der Waals surface area (Å²) in [5.74, 6) is 2.12. The van der Waals surface area contributed by atoms with Crippen LogP contribution in [0, 0.1) is 12.8 Å². The molecule has 0 saturated carbocycles. The van der Waals surface area contributed by atoms with Crippen LogP contribution in [0.3, 0.4) is 0 Å². The molecule has 0 aliphatic heterocycles. The molecule has 0 aliphatic carbocycles. The summed E-state index contributed by atoms with van der Waals surface area (Å²) in [4.78, 5) is 9.97. The van der Waals surface area contributed by atoms with Crippen molar-refractivity contribution in [2.24, 2.45) is 5.92 Å². The van der Waals surface area contributed by atoms with E-state index in [2.05, 4.69) is 62.6 Å². The average molecular weight is 326 g/mol. The maximum atomic E-state index is 4.42. The summed E-state index contributed by atoms with van der Waals surface area (Å²) in [7, 11) is 0. The number of hydrogen-bond acceptors (Lipinski definition) is 4. The molecule has 1 unspecified atom stereocenters. The maximum Gasteiger partial charge on any atom is 0.131 e. The summed E-state index contributed by atoms with van der Waals surface area (Å²) in [5, 5.41) is 5.60. The van der Waals surface area contributed by atoms with E-state index in [9.17, 15) is 0 Å². The molecular weight excluding hydrogens is 310 g/mol. The van der Waals surface area contributed by atoms with Gasteiger partial charge in [-0.1, -0.05) is 19.9 Å². The van der Waals surface area contributed by atoms with Crippen molar-refractivity contribution in [3.05, 3.63) is 38.9 Å². The van der Waals surface area contributed by atoms with Gasteiger partial charge >= 0.3 is 0 Å². The van der Waals surface area contributed by atoms with Crippen molar-refractivity contribution in [1.29, 1.82) is 0 Å². The van der Waals surface area contributed by atoms with Crippen LogP contribution >= 0.6 is 27.3 Å². The molecule has 3 nitrogen and oxygen atoms in total. The second kappa shape index (κ2) is 5.80. The molecule has 5 heteroatoms. The van der Waals surface area contributed by atoms with Crippen LogP contribution in [0.15, 0.2) is 28.2 Å². The topological polar surface area (TPSA) is 37.8 Å². The number of rotatable bonds is 4. The van der Waals surface area contributed by atoms with Crippen LogP contribution in [0.2, 0.25) is 0 Å². The summed E-state index contributed by atoms with van der Waals surface area (Å²) in [5.41, 5.74) is 0. The first-order chi connectivity index (χ1) is 8.56. The van der Waals surface area contributed by atoms with Crippen LogP contribution < -0.4 is 5.32 Å². The van der Waals surface area contributed by atoms with Gasteiger partial charge in [-0.05, 0) is 40.2 Å². The van der Waals surface area contributed by atoms with Gasteiger partial charge in [-0.25, -0.2) is 9.97 Å². The van der Waals surface area contributed by atoms with E-state index in [1.807, 2.05) is 13.0 Å². The van der Waals surface area contributed by atoms with E-state index < -0.39 is 0 Å². The Kier molecular flexibility index (Phi) is 4.35. The molecule has 2 heterocycles. The maximum absolute atomic E-state index is 4.42. The lowest BCUT2D eigenvalue weighted by atomic mass is 10.0. The van der Waals surface area contributed by atoms with E-state index >= 15 is 0 Å². The lowest BCUT2D eigenvalue weighted by Gasteiger charge is -2.22. The Morgan fingerprint density at radius 2 is 2.11 bits per heavy atom. The number of thiophene rings is 1. The summed E-state index contributed by atoms with van der Waals surface area (Å²) in [6, 6.07) is 6.44. The first-order valence-corrected chi connectivity index (χ1v) is 7.54. The number of hydrogen-bond donors (Lipinski definition) is 1. The SMILES string of the molecule is Cc1nc(Br)cc(NC(c2cccs2)C(C)C)n1. The first kappa shape index (κ1) is 13.5. The quantitative estimate of drug-likeness (QED) is 0.845. The fraction of sp³-hybridized carbons (Fsp3) is 0.385. The predicted octanol–water partition coefficient (Wildman–Crippen LogP) is 4.42. The number of anilines is 1. The number of aryl methyl sites for hydroxylation is 1. The second-order valence-corrected chi connectivity index (χ2v) is 6.30. The van der Waals surface area contributed by atoms with Crippen molar-refractivity contribution in [3.8, 4) is 0 Å². The molecule has 0 bridgehead atoms. The average Bonchev–Trinajstić information content (AvgIpc) is 2.77. The van der Waals surface area contributed by atoms with Crippen molar-refractivity contribution in [2.75, 3.05) is 5.32 Å². The third-order valence-corrected chi connectivity index (χ3v) is 3.99. The summed E-state index contributed by atoms with van der Waals surface area (Å²) < 4.78 is 0.811. The Balaban J connectivity index is 2.24. The Morgan fingerprint density at radius 3 is 2.67 bits per heavy atom. The van der Waals surface area contributed by atoms with Gasteiger partial charge in [0.2, 0.25) is 0 Å². The van der Waals surface area contributed by atoms with E-state index in [1.165, 1.54) is 4.88 Å². The molecule has 2 rings (SSSR count). The number of halogens is 1. The van der Waals surface area contributed by atoms with Gasteiger partial charge in [0.05, 0.1) is 6.04 Å². The zero-order valence-corrected chi connectivity index (χ0v) is 13.0. The Morgan fingerprint density at radius 1 is 1.33 bits per heavy atom. The van der Waals surface area contributed by atoms with Gasteiger partial charge in [-0.2, -0.15) is 0 Å². The van der Waals surface area contributed by atoms with Crippen molar-refractivity contribution in [2.45, 2.75) is 26.8 Å². The molecule has 96 valence electrons. The van der Waals surface area contributed by atoms with Crippen LogP contribution in [0.5, 0.6) is 0 Å². The zero-order chi connectivity index (χ0) is 13.1. The standard InChI is InChI=1S/C13H16BrN3S/c1-8(2)13(10-5-4-6-18-10)17-12-7-11(14)15-9(3)16-12/h4-8,13H,1-3H3,(H,15,16,17). The first-order valence-electron chi connectivity index (χ1n) is 5.87. The van der Waals surface area contributed by atoms with Gasteiger partial charge in [0.25, 0.3) is 0 Å². The van der Waals surface area contributed by atoms with Crippen molar-refractivity contribution >= 4 is 33.1 Å². The molecule has 2 aromatic heterocycles. The molecule has 0 amide bonds. The molecule has 1 N–H and O–H groups in total. The van der Waals surface area contributed by atoms with Crippen molar-refractivity contribution in [3.63, 3.8) is 0 Å². The van der Waals surface area contributed by atoms with E-state index in [1.54, 1.807) is 11.3 Å². The fourth-order valence-corrected chi connectivity index (χ4v) is 3.22. The van der Waals surface area contributed by atoms with E-state index in [0.29, 0.717) is 5.92 Å². The van der Waals surface area contributed by atoms with E-state index in [-0.39, 0.29) is 6.04 Å². The van der Waals surface area contributed by atoms with Gasteiger partial charge in [-0.15, -0.1) is 11.3 Å². The minimum absolute atomic E-state index is 0.284. The summed E-state index contributed by atoms with van der Waals surface area (Å²) in [6.07, 6.45) is 0. The largest absolute Gasteiger partial charge is 0.362 e. The fourth-order valence-electron chi connectivity index (χ4n) is 1.80. The van der Waals surface area contributed by atoms with Crippen LogP contribution in [-0.4, -0.2) is 9.97 Å². The summed E-state index contributed by atoms with van der Waals surface area (Å²) in [6.45, 7) is 6.31. The Hall–Kier alpha value is -0.940. The molecular formula is C13H16BrN3S. The third-order valence-electron chi connectivity index (χ3n) is 2.63. The second-order valence-electron chi connectivity index (χ2n) is 4.50. The van der Waals surface area contributed by atoms with Gasteiger partial charge in [-0.3, -0.25) is 0 Å². The smallest absolute Gasteiger partial charge is 0.131 e. The molecule has 0 saturated heterocycles. The molecule has 1 atom stereocenters. The molecule has 0 fully saturated rings. The van der Waals surface area contributed by atoms with Gasteiger partial charge < -0.3 is 5.32 Å². The van der Waals surface area contributed by atoms with E-state index in [0.717, 1.165) is 16.2 Å². The number of aromatic nitrogens is 2. The number of nitrogens with one attached hydrogen (secondary N) is 1. The minimum atomic E-state index is 0.284. The lowest BCUT2D eigenvalue weighted by molar-refractivity contribution is 0.551. The summed E-state index contributed by atoms with van der Waals surface area (Å²) >= 11 is 5.17. The molecule has 0 spiro atoms. The van der Waals surface area contributed by atoms with E-state index in [4.69, 9.17) is 0 Å². The Bertz CT molecular complexity index is 491. The van der Waals surface area contributed by atoms with Crippen LogP contribution in [-0.2, 0) is 0 Å². The van der Waals surface area contributed by atoms with Gasteiger partial charge in [0.1, 0.15) is 16.2 Å². The highest BCUT2D eigenvalue weighted by atomic mass is 79.9. The molecule has 0 radical (unpaired) electrons. The predicted molar refractivity (Wildman–Crippen MR) is 80.0 cm³/mol.